The molecule has 1 aromatic heterocycles. The lowest BCUT2D eigenvalue weighted by molar-refractivity contribution is -0.117. The molecular formula is C15H16N4O3. The first-order valence-electron chi connectivity index (χ1n) is 7.18. The van der Waals surface area contributed by atoms with Crippen LogP contribution in [0.25, 0.3) is 5.69 Å². The summed E-state index contributed by atoms with van der Waals surface area (Å²) in [5.41, 5.74) is 1.18. The van der Waals surface area contributed by atoms with Crippen molar-refractivity contribution in [3.63, 3.8) is 0 Å². The monoisotopic (exact) mass is 300 g/mol. The van der Waals surface area contributed by atoms with Gasteiger partial charge in [0, 0.05) is 12.1 Å². The average molecular weight is 300 g/mol. The first-order valence-corrected chi connectivity index (χ1v) is 7.18. The molecule has 0 aliphatic heterocycles. The molecular weight excluding hydrogens is 284 g/mol. The average Bonchev–Trinajstić information content (AvgIpc) is 2.93. The van der Waals surface area contributed by atoms with Crippen LogP contribution in [0.5, 0.6) is 0 Å². The molecule has 0 atom stereocenters. The van der Waals surface area contributed by atoms with Crippen LogP contribution >= 0.6 is 0 Å². The maximum atomic E-state index is 11.9. The predicted molar refractivity (Wildman–Crippen MR) is 78.9 cm³/mol. The number of carbonyl (C=O) groups excluding carboxylic acids is 1. The molecule has 1 aliphatic carbocycles. The first-order chi connectivity index (χ1) is 10.6. The summed E-state index contributed by atoms with van der Waals surface area (Å²) >= 11 is 0. The van der Waals surface area contributed by atoms with Gasteiger partial charge in [-0.3, -0.25) is 4.79 Å². The van der Waals surface area contributed by atoms with Crippen molar-refractivity contribution in [2.75, 3.05) is 5.32 Å². The van der Waals surface area contributed by atoms with Gasteiger partial charge in [0.05, 0.1) is 11.9 Å². The minimum absolute atomic E-state index is 0.00617. The molecule has 1 aliphatic rings. The minimum Gasteiger partial charge on any atom is -0.476 e. The van der Waals surface area contributed by atoms with Gasteiger partial charge in [0.25, 0.3) is 0 Å². The largest absolute Gasteiger partial charge is 0.476 e. The number of anilines is 1. The highest BCUT2D eigenvalue weighted by molar-refractivity contribution is 5.91. The summed E-state index contributed by atoms with van der Waals surface area (Å²) in [4.78, 5) is 22.8. The van der Waals surface area contributed by atoms with Crippen LogP contribution in [-0.2, 0) is 4.79 Å². The number of aromatic carboxylic acids is 1. The standard InChI is InChI=1S/C15H16N4O3/c20-14(7-10-3-1-4-10)16-11-5-2-6-12(8-11)19-9-13(15(21)22)17-18-19/h2,5-6,8-10H,1,3-4,7H2,(H,16,20)(H,21,22). The minimum atomic E-state index is -1.13. The molecule has 2 aromatic rings. The van der Waals surface area contributed by atoms with Gasteiger partial charge in [0.15, 0.2) is 5.69 Å². The van der Waals surface area contributed by atoms with E-state index < -0.39 is 5.97 Å². The van der Waals surface area contributed by atoms with E-state index in [1.165, 1.54) is 17.3 Å². The van der Waals surface area contributed by atoms with E-state index in [0.29, 0.717) is 23.7 Å². The number of aromatic nitrogens is 3. The zero-order valence-corrected chi connectivity index (χ0v) is 11.9. The number of benzene rings is 1. The van der Waals surface area contributed by atoms with E-state index in [9.17, 15) is 9.59 Å². The number of hydrogen-bond acceptors (Lipinski definition) is 4. The maximum Gasteiger partial charge on any atom is 0.358 e. The molecule has 1 fully saturated rings. The van der Waals surface area contributed by atoms with Gasteiger partial charge in [0.2, 0.25) is 5.91 Å². The Hall–Kier alpha value is -2.70. The fourth-order valence-corrected chi connectivity index (χ4v) is 2.39. The van der Waals surface area contributed by atoms with Crippen molar-refractivity contribution in [1.82, 2.24) is 15.0 Å². The topological polar surface area (TPSA) is 97.1 Å². The molecule has 1 heterocycles. The number of nitrogens with one attached hydrogen (secondary N) is 1. The van der Waals surface area contributed by atoms with E-state index >= 15 is 0 Å². The number of nitrogens with zero attached hydrogens (tertiary/aromatic N) is 3. The Balaban J connectivity index is 1.71. The second-order valence-corrected chi connectivity index (χ2v) is 5.45. The summed E-state index contributed by atoms with van der Waals surface area (Å²) < 4.78 is 1.37. The second kappa shape index (κ2) is 5.97. The van der Waals surface area contributed by atoms with E-state index in [1.807, 2.05) is 0 Å². The van der Waals surface area contributed by atoms with E-state index in [2.05, 4.69) is 15.6 Å². The quantitative estimate of drug-likeness (QED) is 0.881. The van der Waals surface area contributed by atoms with Crippen LogP contribution in [0.2, 0.25) is 0 Å². The molecule has 2 N–H and O–H groups in total. The Kier molecular flexibility index (Phi) is 3.86. The molecule has 1 aromatic carbocycles. The molecule has 7 heteroatoms. The molecule has 0 saturated heterocycles. The van der Waals surface area contributed by atoms with Gasteiger partial charge in [0.1, 0.15) is 0 Å². The number of carboxylic acid groups (broad SMARTS) is 1. The molecule has 114 valence electrons. The predicted octanol–water partition coefficient (Wildman–Crippen LogP) is 2.09. The van der Waals surface area contributed by atoms with Crippen LogP contribution in [0.3, 0.4) is 0 Å². The number of amides is 1. The van der Waals surface area contributed by atoms with Gasteiger partial charge >= 0.3 is 5.97 Å². The summed E-state index contributed by atoms with van der Waals surface area (Å²) in [6, 6.07) is 7.06. The van der Waals surface area contributed by atoms with Crippen LogP contribution in [0.1, 0.15) is 36.2 Å². The highest BCUT2D eigenvalue weighted by atomic mass is 16.4. The number of hydrogen-bond donors (Lipinski definition) is 2. The highest BCUT2D eigenvalue weighted by Crippen LogP contribution is 2.29. The van der Waals surface area contributed by atoms with Crippen LogP contribution in [0, 0.1) is 5.92 Å². The SMILES string of the molecule is O=C(CC1CCC1)Nc1cccc(-n2cc(C(=O)O)nn2)c1. The van der Waals surface area contributed by atoms with Crippen LogP contribution in [0.15, 0.2) is 30.5 Å². The van der Waals surface area contributed by atoms with Gasteiger partial charge in [-0.15, -0.1) is 5.10 Å². The fraction of sp³-hybridized carbons (Fsp3) is 0.333. The fourth-order valence-electron chi connectivity index (χ4n) is 2.39. The van der Waals surface area contributed by atoms with E-state index in [0.717, 1.165) is 12.8 Å². The number of carbonyl (C=O) groups is 2. The lowest BCUT2D eigenvalue weighted by atomic mass is 9.83. The summed E-state index contributed by atoms with van der Waals surface area (Å²) in [5.74, 6) is -0.612. The smallest absolute Gasteiger partial charge is 0.358 e. The molecule has 0 radical (unpaired) electrons. The zero-order valence-electron chi connectivity index (χ0n) is 11.9. The first kappa shape index (κ1) is 14.2. The van der Waals surface area contributed by atoms with Crippen LogP contribution in [0.4, 0.5) is 5.69 Å². The molecule has 1 saturated carbocycles. The van der Waals surface area contributed by atoms with Crippen molar-refractivity contribution in [1.29, 1.82) is 0 Å². The van der Waals surface area contributed by atoms with Gasteiger partial charge in [-0.1, -0.05) is 17.7 Å². The molecule has 22 heavy (non-hydrogen) atoms. The summed E-state index contributed by atoms with van der Waals surface area (Å²) in [7, 11) is 0. The van der Waals surface area contributed by atoms with Gasteiger partial charge in [-0.2, -0.15) is 0 Å². The molecule has 7 nitrogen and oxygen atoms in total. The van der Waals surface area contributed by atoms with Crippen molar-refractivity contribution >= 4 is 17.6 Å². The Morgan fingerprint density at radius 2 is 2.18 bits per heavy atom. The zero-order chi connectivity index (χ0) is 15.5. The molecule has 0 bridgehead atoms. The highest BCUT2D eigenvalue weighted by Gasteiger charge is 2.20. The Bertz CT molecular complexity index is 706. The molecule has 0 unspecified atom stereocenters. The lowest BCUT2D eigenvalue weighted by Gasteiger charge is -2.24. The normalized spacial score (nSPS) is 14.4. The van der Waals surface area contributed by atoms with Crippen molar-refractivity contribution in [2.24, 2.45) is 5.92 Å². The summed E-state index contributed by atoms with van der Waals surface area (Å²) in [5, 5.41) is 19.1. The molecule has 1 amide bonds. The summed E-state index contributed by atoms with van der Waals surface area (Å²) in [6.45, 7) is 0. The van der Waals surface area contributed by atoms with Gasteiger partial charge in [-0.05, 0) is 37.0 Å². The van der Waals surface area contributed by atoms with Crippen molar-refractivity contribution in [3.8, 4) is 5.69 Å². The van der Waals surface area contributed by atoms with Crippen molar-refractivity contribution in [2.45, 2.75) is 25.7 Å². The van der Waals surface area contributed by atoms with Crippen molar-refractivity contribution in [3.05, 3.63) is 36.2 Å². The third-order valence-corrected chi connectivity index (χ3v) is 3.81. The maximum absolute atomic E-state index is 11.9. The molecule has 0 spiro atoms. The van der Waals surface area contributed by atoms with E-state index in [-0.39, 0.29) is 11.6 Å². The van der Waals surface area contributed by atoms with Gasteiger partial charge in [-0.25, -0.2) is 9.48 Å². The number of carboxylic acids is 1. The van der Waals surface area contributed by atoms with Gasteiger partial charge < -0.3 is 10.4 Å². The van der Waals surface area contributed by atoms with E-state index in [1.54, 1.807) is 24.3 Å². The van der Waals surface area contributed by atoms with Crippen molar-refractivity contribution < 1.29 is 14.7 Å². The Labute approximate surface area is 126 Å². The lowest BCUT2D eigenvalue weighted by Crippen LogP contribution is -2.20. The van der Waals surface area contributed by atoms with E-state index in [4.69, 9.17) is 5.11 Å². The Morgan fingerprint density at radius 3 is 2.82 bits per heavy atom. The number of rotatable bonds is 5. The third-order valence-electron chi connectivity index (χ3n) is 3.81. The van der Waals surface area contributed by atoms with Crippen LogP contribution < -0.4 is 5.32 Å². The third kappa shape index (κ3) is 3.13. The summed E-state index contributed by atoms with van der Waals surface area (Å²) in [6.07, 6.45) is 5.36. The second-order valence-electron chi connectivity index (χ2n) is 5.45. The van der Waals surface area contributed by atoms with Crippen LogP contribution in [-0.4, -0.2) is 32.0 Å². The Morgan fingerprint density at radius 1 is 1.36 bits per heavy atom. The molecule has 3 rings (SSSR count).